The smallest absolute Gasteiger partial charge is 0.231 e. The number of rotatable bonds is 1. The Morgan fingerprint density at radius 2 is 2.10 bits per heavy atom. The van der Waals surface area contributed by atoms with Crippen molar-refractivity contribution in [1.29, 1.82) is 0 Å². The van der Waals surface area contributed by atoms with Crippen molar-refractivity contribution in [3.05, 3.63) is 34.9 Å². The lowest BCUT2D eigenvalue weighted by Gasteiger charge is -2.35. The minimum Gasteiger partial charge on any atom is -0.342 e. The Kier molecular flexibility index (Phi) is 3.76. The Hall–Kier alpha value is -1.39. The summed E-state index contributed by atoms with van der Waals surface area (Å²) in [4.78, 5) is 14.7. The molecule has 20 heavy (non-hydrogen) atoms. The Balaban J connectivity index is 1.80. The molecule has 2 aliphatic heterocycles. The highest BCUT2D eigenvalue weighted by atomic mass is 16.2. The summed E-state index contributed by atoms with van der Waals surface area (Å²) >= 11 is 0. The third-order valence-corrected chi connectivity index (χ3v) is 4.49. The largest absolute Gasteiger partial charge is 0.342 e. The van der Waals surface area contributed by atoms with Crippen molar-refractivity contribution in [2.75, 3.05) is 19.6 Å². The van der Waals surface area contributed by atoms with E-state index in [1.807, 2.05) is 4.90 Å². The lowest BCUT2D eigenvalue weighted by atomic mass is 9.88. The van der Waals surface area contributed by atoms with Gasteiger partial charge in [-0.2, -0.15) is 0 Å². The molecular weight excluding hydrogens is 250 g/mol. The van der Waals surface area contributed by atoms with Gasteiger partial charge in [0.25, 0.3) is 0 Å². The molecule has 2 heterocycles. The molecular formula is C16H23N3O. The van der Waals surface area contributed by atoms with Crippen LogP contribution in [0.1, 0.15) is 35.4 Å². The Morgan fingerprint density at radius 1 is 1.35 bits per heavy atom. The van der Waals surface area contributed by atoms with Crippen molar-refractivity contribution in [2.45, 2.75) is 38.3 Å². The third kappa shape index (κ3) is 2.58. The summed E-state index contributed by atoms with van der Waals surface area (Å²) in [5.74, 6) is 0.225. The molecule has 0 bridgehead atoms. The molecule has 4 heteroatoms. The highest BCUT2D eigenvalue weighted by molar-refractivity contribution is 5.85. The van der Waals surface area contributed by atoms with E-state index in [1.54, 1.807) is 0 Å². The van der Waals surface area contributed by atoms with Gasteiger partial charge in [-0.05, 0) is 30.9 Å². The average molecular weight is 273 g/mol. The van der Waals surface area contributed by atoms with E-state index in [9.17, 15) is 4.79 Å². The summed E-state index contributed by atoms with van der Waals surface area (Å²) in [6.45, 7) is 5.32. The number of hydrogen-bond acceptors (Lipinski definition) is 3. The zero-order chi connectivity index (χ0) is 14.1. The van der Waals surface area contributed by atoms with Gasteiger partial charge < -0.3 is 16.0 Å². The second-order valence-corrected chi connectivity index (χ2v) is 6.05. The predicted molar refractivity (Wildman–Crippen MR) is 79.4 cm³/mol. The summed E-state index contributed by atoms with van der Waals surface area (Å²) in [5, 5.41) is 3.37. The molecule has 0 saturated carbocycles. The predicted octanol–water partition coefficient (Wildman–Crippen LogP) is 1.13. The van der Waals surface area contributed by atoms with Gasteiger partial charge in [-0.15, -0.1) is 0 Å². The number of nitrogens with one attached hydrogen (secondary N) is 1. The molecule has 0 radical (unpaired) electrons. The average Bonchev–Trinajstić information content (AvgIpc) is 2.46. The topological polar surface area (TPSA) is 58.4 Å². The van der Waals surface area contributed by atoms with E-state index in [0.717, 1.165) is 39.0 Å². The van der Waals surface area contributed by atoms with Gasteiger partial charge >= 0.3 is 0 Å². The Morgan fingerprint density at radius 3 is 2.85 bits per heavy atom. The van der Waals surface area contributed by atoms with Crippen LogP contribution in [0.15, 0.2) is 18.2 Å². The van der Waals surface area contributed by atoms with E-state index in [0.29, 0.717) is 0 Å². The molecule has 3 N–H and O–H groups in total. The number of likely N-dealkylation sites (tertiary alicyclic amines) is 1. The molecule has 1 aromatic rings. The van der Waals surface area contributed by atoms with Gasteiger partial charge in [0.1, 0.15) is 0 Å². The molecule has 3 rings (SSSR count). The SMILES string of the molecule is Cc1ccc2c(c1)CNCC2C(=O)N1CCC(N)CC1. The number of amides is 1. The van der Waals surface area contributed by atoms with Crippen LogP contribution in [-0.2, 0) is 11.3 Å². The van der Waals surface area contributed by atoms with Crippen molar-refractivity contribution >= 4 is 5.91 Å². The Labute approximate surface area is 120 Å². The van der Waals surface area contributed by atoms with Gasteiger partial charge in [0, 0.05) is 32.2 Å². The van der Waals surface area contributed by atoms with Crippen LogP contribution in [0.2, 0.25) is 0 Å². The van der Waals surface area contributed by atoms with Gasteiger partial charge in [0.15, 0.2) is 0 Å². The maximum atomic E-state index is 12.8. The van der Waals surface area contributed by atoms with Crippen LogP contribution < -0.4 is 11.1 Å². The molecule has 0 spiro atoms. The zero-order valence-corrected chi connectivity index (χ0v) is 12.1. The number of aryl methyl sites for hydroxylation is 1. The van der Waals surface area contributed by atoms with Crippen molar-refractivity contribution in [1.82, 2.24) is 10.2 Å². The lowest BCUT2D eigenvalue weighted by Crippen LogP contribution is -2.47. The van der Waals surface area contributed by atoms with E-state index in [2.05, 4.69) is 30.4 Å². The number of nitrogens with zero attached hydrogens (tertiary/aromatic N) is 1. The fourth-order valence-corrected chi connectivity index (χ4v) is 3.25. The Bertz CT molecular complexity index is 506. The molecule has 0 aromatic heterocycles. The maximum absolute atomic E-state index is 12.8. The summed E-state index contributed by atoms with van der Waals surface area (Å²) in [7, 11) is 0. The molecule has 108 valence electrons. The highest BCUT2D eigenvalue weighted by Crippen LogP contribution is 2.27. The number of piperidine rings is 1. The van der Waals surface area contributed by atoms with Gasteiger partial charge in [0.2, 0.25) is 5.91 Å². The summed E-state index contributed by atoms with van der Waals surface area (Å²) < 4.78 is 0. The van der Waals surface area contributed by atoms with Crippen LogP contribution in [0.25, 0.3) is 0 Å². The molecule has 4 nitrogen and oxygen atoms in total. The van der Waals surface area contributed by atoms with Crippen LogP contribution in [0, 0.1) is 6.92 Å². The first-order chi connectivity index (χ1) is 9.65. The number of nitrogens with two attached hydrogens (primary N) is 1. The molecule has 1 atom stereocenters. The van der Waals surface area contributed by atoms with Gasteiger partial charge in [-0.25, -0.2) is 0 Å². The summed E-state index contributed by atoms with van der Waals surface area (Å²) in [6.07, 6.45) is 1.85. The number of benzene rings is 1. The first-order valence-electron chi connectivity index (χ1n) is 7.49. The van der Waals surface area contributed by atoms with Gasteiger partial charge in [0.05, 0.1) is 5.92 Å². The van der Waals surface area contributed by atoms with E-state index in [4.69, 9.17) is 5.73 Å². The van der Waals surface area contributed by atoms with Crippen molar-refractivity contribution in [3.63, 3.8) is 0 Å². The van der Waals surface area contributed by atoms with Crippen LogP contribution >= 0.6 is 0 Å². The lowest BCUT2D eigenvalue weighted by molar-refractivity contribution is -0.133. The monoisotopic (exact) mass is 273 g/mol. The van der Waals surface area contributed by atoms with Crippen molar-refractivity contribution in [3.8, 4) is 0 Å². The van der Waals surface area contributed by atoms with Crippen LogP contribution in [0.5, 0.6) is 0 Å². The maximum Gasteiger partial charge on any atom is 0.231 e. The first kappa shape index (κ1) is 13.6. The number of carbonyl (C=O) groups excluding carboxylic acids is 1. The normalized spacial score (nSPS) is 23.5. The first-order valence-corrected chi connectivity index (χ1v) is 7.49. The molecule has 1 fully saturated rings. The van der Waals surface area contributed by atoms with Crippen LogP contribution in [0.3, 0.4) is 0 Å². The van der Waals surface area contributed by atoms with Crippen LogP contribution in [0.4, 0.5) is 0 Å². The third-order valence-electron chi connectivity index (χ3n) is 4.49. The van der Waals surface area contributed by atoms with E-state index >= 15 is 0 Å². The van der Waals surface area contributed by atoms with Crippen LogP contribution in [-0.4, -0.2) is 36.5 Å². The standard InChI is InChI=1S/C16H23N3O/c1-11-2-3-14-12(8-11)9-18-10-15(14)16(20)19-6-4-13(17)5-7-19/h2-3,8,13,15,18H,4-7,9-10,17H2,1H3. The molecule has 2 aliphatic rings. The van der Waals surface area contributed by atoms with E-state index < -0.39 is 0 Å². The highest BCUT2D eigenvalue weighted by Gasteiger charge is 2.31. The van der Waals surface area contributed by atoms with Gasteiger partial charge in [-0.1, -0.05) is 23.8 Å². The van der Waals surface area contributed by atoms with Gasteiger partial charge in [-0.3, -0.25) is 4.79 Å². The fourth-order valence-electron chi connectivity index (χ4n) is 3.25. The summed E-state index contributed by atoms with van der Waals surface area (Å²) in [5.41, 5.74) is 9.64. The summed E-state index contributed by atoms with van der Waals surface area (Å²) in [6, 6.07) is 6.69. The van der Waals surface area contributed by atoms with Crippen molar-refractivity contribution in [2.24, 2.45) is 5.73 Å². The fraction of sp³-hybridized carbons (Fsp3) is 0.562. The molecule has 1 aromatic carbocycles. The molecule has 1 amide bonds. The quantitative estimate of drug-likeness (QED) is 0.806. The number of carbonyl (C=O) groups is 1. The number of hydrogen-bond donors (Lipinski definition) is 2. The minimum atomic E-state index is -0.0336. The second kappa shape index (κ2) is 5.54. The minimum absolute atomic E-state index is 0.0336. The van der Waals surface area contributed by atoms with Crippen molar-refractivity contribution < 1.29 is 4.79 Å². The molecule has 1 saturated heterocycles. The second-order valence-electron chi connectivity index (χ2n) is 6.05. The van der Waals surface area contributed by atoms with E-state index in [-0.39, 0.29) is 17.9 Å². The zero-order valence-electron chi connectivity index (χ0n) is 12.1. The van der Waals surface area contributed by atoms with E-state index in [1.165, 1.54) is 16.7 Å². The molecule has 1 unspecified atom stereocenters. The number of fused-ring (bicyclic) bond motifs is 1. The molecule has 0 aliphatic carbocycles.